The summed E-state index contributed by atoms with van der Waals surface area (Å²) in [6, 6.07) is 9.23. The highest BCUT2D eigenvalue weighted by Gasteiger charge is 2.19. The molecular weight excluding hydrogens is 258 g/mol. The number of hydrogen-bond acceptors (Lipinski definition) is 4. The molecule has 3 aromatic rings. The lowest BCUT2D eigenvalue weighted by Crippen LogP contribution is -2.05. The first-order valence-corrected chi connectivity index (χ1v) is 5.92. The van der Waals surface area contributed by atoms with E-state index in [1.165, 1.54) is 13.3 Å². The Morgan fingerprint density at radius 3 is 2.80 bits per heavy atom. The number of fused-ring (bicyclic) bond motifs is 1. The summed E-state index contributed by atoms with van der Waals surface area (Å²) in [4.78, 5) is 22.6. The number of nitrogens with zero attached hydrogens (tertiary/aromatic N) is 2. The predicted octanol–water partition coefficient (Wildman–Crippen LogP) is 2.33. The van der Waals surface area contributed by atoms with Crippen molar-refractivity contribution < 1.29 is 14.6 Å². The summed E-state index contributed by atoms with van der Waals surface area (Å²) in [6.45, 7) is 0. The second-order valence-electron chi connectivity index (χ2n) is 4.15. The van der Waals surface area contributed by atoms with Gasteiger partial charge in [0.2, 0.25) is 0 Å². The molecular formula is C14H11N3O3. The number of ether oxygens (including phenoxy) is 1. The van der Waals surface area contributed by atoms with Gasteiger partial charge in [0.05, 0.1) is 23.7 Å². The highest BCUT2D eigenvalue weighted by Crippen LogP contribution is 2.31. The van der Waals surface area contributed by atoms with Gasteiger partial charge in [-0.1, -0.05) is 12.1 Å². The van der Waals surface area contributed by atoms with E-state index in [0.717, 1.165) is 11.0 Å². The predicted molar refractivity (Wildman–Crippen MR) is 72.8 cm³/mol. The number of aromatic carboxylic acids is 1. The van der Waals surface area contributed by atoms with Gasteiger partial charge in [-0.3, -0.25) is 0 Å². The summed E-state index contributed by atoms with van der Waals surface area (Å²) < 4.78 is 5.18. The molecule has 0 radical (unpaired) electrons. The fourth-order valence-electron chi connectivity index (χ4n) is 2.07. The van der Waals surface area contributed by atoms with Crippen molar-refractivity contribution in [2.75, 3.05) is 7.11 Å². The molecule has 2 N–H and O–H groups in total. The zero-order chi connectivity index (χ0) is 14.1. The quantitative estimate of drug-likeness (QED) is 0.761. The fourth-order valence-corrected chi connectivity index (χ4v) is 2.07. The number of aromatic nitrogens is 3. The van der Waals surface area contributed by atoms with Gasteiger partial charge in [-0.2, -0.15) is 0 Å². The number of hydrogen-bond donors (Lipinski definition) is 2. The number of para-hydroxylation sites is 2. The number of imidazole rings is 1. The molecule has 3 rings (SSSR count). The van der Waals surface area contributed by atoms with Crippen LogP contribution in [0.4, 0.5) is 0 Å². The van der Waals surface area contributed by atoms with Crippen molar-refractivity contribution in [1.29, 1.82) is 0 Å². The number of aromatic amines is 1. The number of H-pyrrole nitrogens is 1. The number of nitrogens with one attached hydrogen (secondary N) is 1. The van der Waals surface area contributed by atoms with E-state index in [-0.39, 0.29) is 11.4 Å². The summed E-state index contributed by atoms with van der Waals surface area (Å²) >= 11 is 0. The van der Waals surface area contributed by atoms with Crippen molar-refractivity contribution in [3.05, 3.63) is 42.2 Å². The van der Waals surface area contributed by atoms with Crippen molar-refractivity contribution in [2.45, 2.75) is 0 Å². The molecule has 0 saturated carbocycles. The van der Waals surface area contributed by atoms with Crippen LogP contribution in [-0.4, -0.2) is 33.1 Å². The Kier molecular flexibility index (Phi) is 2.83. The Labute approximate surface area is 114 Å². The molecule has 0 aliphatic heterocycles. The topological polar surface area (TPSA) is 88.1 Å². The van der Waals surface area contributed by atoms with E-state index in [1.54, 1.807) is 6.07 Å². The van der Waals surface area contributed by atoms with Crippen LogP contribution < -0.4 is 4.74 Å². The first-order chi connectivity index (χ1) is 9.70. The second-order valence-corrected chi connectivity index (χ2v) is 4.15. The molecule has 0 atom stereocenters. The third kappa shape index (κ3) is 1.87. The Bertz CT molecular complexity index is 762. The number of pyridine rings is 1. The minimum atomic E-state index is -1.14. The maximum absolute atomic E-state index is 11.2. The van der Waals surface area contributed by atoms with E-state index in [4.69, 9.17) is 9.84 Å². The van der Waals surface area contributed by atoms with Gasteiger partial charge in [-0.05, 0) is 18.2 Å². The van der Waals surface area contributed by atoms with Crippen LogP contribution in [0.3, 0.4) is 0 Å². The van der Waals surface area contributed by atoms with Crippen LogP contribution in [0.1, 0.15) is 10.5 Å². The lowest BCUT2D eigenvalue weighted by molar-refractivity contribution is 0.0686. The van der Waals surface area contributed by atoms with Crippen molar-refractivity contribution in [1.82, 2.24) is 15.0 Å². The molecule has 20 heavy (non-hydrogen) atoms. The van der Waals surface area contributed by atoms with Gasteiger partial charge < -0.3 is 14.8 Å². The van der Waals surface area contributed by atoms with Crippen LogP contribution in [0.15, 0.2) is 36.5 Å². The van der Waals surface area contributed by atoms with Crippen molar-refractivity contribution in [2.24, 2.45) is 0 Å². The fraction of sp³-hybridized carbons (Fsp3) is 0.0714. The maximum atomic E-state index is 11.2. The SMILES string of the molecule is COc1c(-c2nc3ccccc3[nH]2)ccnc1C(=O)O. The maximum Gasteiger partial charge on any atom is 0.358 e. The van der Waals surface area contributed by atoms with E-state index in [1.807, 2.05) is 24.3 Å². The average Bonchev–Trinajstić information content (AvgIpc) is 2.89. The zero-order valence-corrected chi connectivity index (χ0v) is 10.6. The summed E-state index contributed by atoms with van der Waals surface area (Å²) in [5.74, 6) is -0.396. The summed E-state index contributed by atoms with van der Waals surface area (Å²) in [6.07, 6.45) is 1.43. The number of carboxylic acids is 1. The summed E-state index contributed by atoms with van der Waals surface area (Å²) in [5, 5.41) is 9.13. The van der Waals surface area contributed by atoms with E-state index < -0.39 is 5.97 Å². The number of benzene rings is 1. The summed E-state index contributed by atoms with van der Waals surface area (Å²) in [7, 11) is 1.41. The first kappa shape index (κ1) is 12.2. The largest absolute Gasteiger partial charge is 0.493 e. The Balaban J connectivity index is 2.23. The third-order valence-electron chi connectivity index (χ3n) is 2.96. The molecule has 0 saturated heterocycles. The Morgan fingerprint density at radius 2 is 2.10 bits per heavy atom. The molecule has 2 heterocycles. The Hall–Kier alpha value is -2.89. The van der Waals surface area contributed by atoms with E-state index in [2.05, 4.69) is 15.0 Å². The van der Waals surface area contributed by atoms with E-state index in [9.17, 15) is 4.79 Å². The molecule has 100 valence electrons. The van der Waals surface area contributed by atoms with E-state index >= 15 is 0 Å². The average molecular weight is 269 g/mol. The monoisotopic (exact) mass is 269 g/mol. The molecule has 2 aromatic heterocycles. The molecule has 6 nitrogen and oxygen atoms in total. The molecule has 0 amide bonds. The number of carboxylic acid groups (broad SMARTS) is 1. The molecule has 6 heteroatoms. The normalized spacial score (nSPS) is 10.7. The third-order valence-corrected chi connectivity index (χ3v) is 2.96. The standard InChI is InChI=1S/C14H11N3O3/c1-20-12-8(6-7-15-11(12)14(18)19)13-16-9-4-2-3-5-10(9)17-13/h2-7H,1H3,(H,16,17)(H,18,19). The number of rotatable bonds is 3. The molecule has 0 aliphatic carbocycles. The van der Waals surface area contributed by atoms with Crippen LogP contribution >= 0.6 is 0 Å². The summed E-state index contributed by atoms with van der Waals surface area (Å²) in [5.41, 5.74) is 2.11. The molecule has 0 aliphatic rings. The number of carbonyl (C=O) groups is 1. The van der Waals surface area contributed by atoms with Gasteiger partial charge in [0, 0.05) is 6.20 Å². The van der Waals surface area contributed by atoms with Gasteiger partial charge in [-0.15, -0.1) is 0 Å². The minimum absolute atomic E-state index is 0.134. The van der Waals surface area contributed by atoms with Crippen molar-refractivity contribution >= 4 is 17.0 Å². The molecule has 0 unspecified atom stereocenters. The van der Waals surface area contributed by atoms with Gasteiger partial charge >= 0.3 is 5.97 Å². The first-order valence-electron chi connectivity index (χ1n) is 5.92. The lowest BCUT2D eigenvalue weighted by atomic mass is 10.2. The second kappa shape index (κ2) is 4.65. The van der Waals surface area contributed by atoms with Gasteiger partial charge in [0.15, 0.2) is 11.4 Å². The van der Waals surface area contributed by atoms with Crippen molar-refractivity contribution in [3.8, 4) is 17.1 Å². The molecule has 0 spiro atoms. The lowest BCUT2D eigenvalue weighted by Gasteiger charge is -2.08. The highest BCUT2D eigenvalue weighted by atomic mass is 16.5. The van der Waals surface area contributed by atoms with Crippen LogP contribution in [0.2, 0.25) is 0 Å². The molecule has 0 bridgehead atoms. The van der Waals surface area contributed by atoms with Gasteiger partial charge in [0.25, 0.3) is 0 Å². The van der Waals surface area contributed by atoms with Gasteiger partial charge in [0.1, 0.15) is 5.82 Å². The van der Waals surface area contributed by atoms with E-state index in [0.29, 0.717) is 11.4 Å². The molecule has 0 fully saturated rings. The smallest absolute Gasteiger partial charge is 0.358 e. The van der Waals surface area contributed by atoms with Crippen molar-refractivity contribution in [3.63, 3.8) is 0 Å². The van der Waals surface area contributed by atoms with Crippen LogP contribution in [0.5, 0.6) is 5.75 Å². The zero-order valence-electron chi connectivity index (χ0n) is 10.6. The van der Waals surface area contributed by atoms with Crippen LogP contribution in [-0.2, 0) is 0 Å². The Morgan fingerprint density at radius 1 is 1.30 bits per heavy atom. The van der Waals surface area contributed by atoms with Crippen LogP contribution in [0, 0.1) is 0 Å². The van der Waals surface area contributed by atoms with Gasteiger partial charge in [-0.25, -0.2) is 14.8 Å². The molecule has 1 aromatic carbocycles. The van der Waals surface area contributed by atoms with Crippen LogP contribution in [0.25, 0.3) is 22.4 Å². The highest BCUT2D eigenvalue weighted by molar-refractivity contribution is 5.92. The minimum Gasteiger partial charge on any atom is -0.493 e. The number of methoxy groups -OCH3 is 1.